The molecule has 8 heteroatoms. The number of rotatable bonds is 12. The van der Waals surface area contributed by atoms with E-state index in [1.807, 2.05) is 109 Å². The Balaban J connectivity index is 1.29. The maximum absolute atomic E-state index is 7.28. The van der Waals surface area contributed by atoms with Crippen molar-refractivity contribution in [3.63, 3.8) is 0 Å². The zero-order valence-corrected chi connectivity index (χ0v) is 31.2. The minimum atomic E-state index is -1.09. The van der Waals surface area contributed by atoms with Crippen molar-refractivity contribution in [3.8, 4) is 23.0 Å². The standard InChI is InChI=1S/C47H42N2O6/c1-50-38-23-11-19-34(27-38)46(35-20-12-24-39(28-35)51-2)44(32-15-7-5-8-16-32)48-42(54-46)31-43-49-45(33-17-9-6-10-18-33)47(55-43,36-21-13-25-40(29-36)52-3)37-22-14-26-41(30-37)53-4/h5-30,44-45H,31H2,1-4H3/t44-,45-/m1/s1. The van der Waals surface area contributed by atoms with Crippen molar-refractivity contribution in [1.82, 2.24) is 0 Å². The lowest BCUT2D eigenvalue weighted by Gasteiger charge is -2.36. The van der Waals surface area contributed by atoms with Gasteiger partial charge in [-0.15, -0.1) is 0 Å². The van der Waals surface area contributed by atoms with Gasteiger partial charge in [-0.3, -0.25) is 0 Å². The normalized spacial score (nSPS) is 18.0. The van der Waals surface area contributed by atoms with Crippen LogP contribution >= 0.6 is 0 Å². The van der Waals surface area contributed by atoms with E-state index in [-0.39, 0.29) is 6.42 Å². The highest BCUT2D eigenvalue weighted by molar-refractivity contribution is 5.99. The number of ether oxygens (including phenoxy) is 6. The molecule has 276 valence electrons. The fourth-order valence-corrected chi connectivity index (χ4v) is 7.80. The van der Waals surface area contributed by atoms with Gasteiger partial charge in [-0.05, 0) is 59.7 Å². The predicted octanol–water partition coefficient (Wildman–Crippen LogP) is 9.64. The van der Waals surface area contributed by atoms with Gasteiger partial charge in [0.25, 0.3) is 0 Å². The second-order valence-electron chi connectivity index (χ2n) is 13.5. The van der Waals surface area contributed by atoms with Gasteiger partial charge in [-0.2, -0.15) is 0 Å². The number of hydrogen-bond acceptors (Lipinski definition) is 8. The highest BCUT2D eigenvalue weighted by atomic mass is 16.5. The topological polar surface area (TPSA) is 80.1 Å². The van der Waals surface area contributed by atoms with Crippen molar-refractivity contribution in [2.24, 2.45) is 9.98 Å². The molecule has 2 atom stereocenters. The molecule has 0 bridgehead atoms. The molecular formula is C47H42N2O6. The first-order valence-electron chi connectivity index (χ1n) is 18.2. The van der Waals surface area contributed by atoms with Crippen LogP contribution in [-0.2, 0) is 20.7 Å². The van der Waals surface area contributed by atoms with Crippen molar-refractivity contribution in [2.45, 2.75) is 29.7 Å². The van der Waals surface area contributed by atoms with Gasteiger partial charge < -0.3 is 28.4 Å². The molecule has 6 aromatic rings. The number of methoxy groups -OCH3 is 4. The van der Waals surface area contributed by atoms with Gasteiger partial charge in [0.2, 0.25) is 0 Å². The van der Waals surface area contributed by atoms with Crippen molar-refractivity contribution in [1.29, 1.82) is 0 Å². The van der Waals surface area contributed by atoms with Gasteiger partial charge in [0.05, 0.1) is 34.9 Å². The van der Waals surface area contributed by atoms with Crippen LogP contribution in [-0.4, -0.2) is 40.2 Å². The van der Waals surface area contributed by atoms with Crippen LogP contribution in [0.4, 0.5) is 0 Å². The smallest absolute Gasteiger partial charge is 0.195 e. The van der Waals surface area contributed by atoms with Crippen molar-refractivity contribution in [3.05, 3.63) is 191 Å². The number of benzene rings is 6. The zero-order chi connectivity index (χ0) is 37.8. The Hall–Kier alpha value is -6.54. The van der Waals surface area contributed by atoms with Crippen LogP contribution in [0.5, 0.6) is 23.0 Å². The lowest BCUT2D eigenvalue weighted by Crippen LogP contribution is -2.36. The summed E-state index contributed by atoms with van der Waals surface area (Å²) in [6.07, 6.45) is 0.193. The second-order valence-corrected chi connectivity index (χ2v) is 13.5. The molecule has 0 fully saturated rings. The molecule has 0 aliphatic carbocycles. The Morgan fingerprint density at radius 1 is 0.418 bits per heavy atom. The Bertz CT molecular complexity index is 2080. The van der Waals surface area contributed by atoms with Crippen LogP contribution < -0.4 is 18.9 Å². The Labute approximate surface area is 321 Å². The molecule has 2 heterocycles. The summed E-state index contributed by atoms with van der Waals surface area (Å²) < 4.78 is 37.5. The monoisotopic (exact) mass is 730 g/mol. The van der Waals surface area contributed by atoms with E-state index in [2.05, 4.69) is 48.5 Å². The van der Waals surface area contributed by atoms with Crippen molar-refractivity contribution < 1.29 is 28.4 Å². The molecule has 2 aliphatic heterocycles. The third kappa shape index (κ3) is 6.43. The van der Waals surface area contributed by atoms with Gasteiger partial charge >= 0.3 is 0 Å². The molecule has 55 heavy (non-hydrogen) atoms. The Kier molecular flexibility index (Phi) is 9.72. The zero-order valence-electron chi connectivity index (χ0n) is 31.2. The molecule has 0 saturated heterocycles. The lowest BCUT2D eigenvalue weighted by molar-refractivity contribution is 0.0867. The van der Waals surface area contributed by atoms with Gasteiger partial charge in [0, 0.05) is 22.3 Å². The molecule has 2 aliphatic rings. The van der Waals surface area contributed by atoms with Crippen LogP contribution in [0.25, 0.3) is 0 Å². The molecule has 8 rings (SSSR count). The molecule has 0 spiro atoms. The second kappa shape index (κ2) is 15.1. The maximum atomic E-state index is 7.28. The van der Waals surface area contributed by atoms with Crippen LogP contribution in [0.15, 0.2) is 168 Å². The highest BCUT2D eigenvalue weighted by Crippen LogP contribution is 2.54. The first-order chi connectivity index (χ1) is 27.0. The summed E-state index contributed by atoms with van der Waals surface area (Å²) in [6, 6.07) is 51.4. The summed E-state index contributed by atoms with van der Waals surface area (Å²) in [7, 11) is 6.66. The number of aliphatic imine (C=N–C) groups is 2. The maximum Gasteiger partial charge on any atom is 0.195 e. The van der Waals surface area contributed by atoms with Crippen molar-refractivity contribution >= 4 is 11.8 Å². The van der Waals surface area contributed by atoms with E-state index in [0.29, 0.717) is 34.8 Å². The van der Waals surface area contributed by atoms with Crippen LogP contribution in [0, 0.1) is 0 Å². The Morgan fingerprint density at radius 3 is 1.02 bits per heavy atom. The van der Waals surface area contributed by atoms with Crippen molar-refractivity contribution in [2.75, 3.05) is 28.4 Å². The van der Waals surface area contributed by atoms with Gasteiger partial charge in [-0.25, -0.2) is 9.98 Å². The molecule has 0 amide bonds. The summed E-state index contributed by atoms with van der Waals surface area (Å²) in [5, 5.41) is 0. The third-order valence-electron chi connectivity index (χ3n) is 10.4. The first-order valence-corrected chi connectivity index (χ1v) is 18.2. The average Bonchev–Trinajstić information content (AvgIpc) is 3.85. The van der Waals surface area contributed by atoms with Crippen LogP contribution in [0.1, 0.15) is 51.9 Å². The van der Waals surface area contributed by atoms with Gasteiger partial charge in [0.1, 0.15) is 35.1 Å². The summed E-state index contributed by atoms with van der Waals surface area (Å²) in [4.78, 5) is 10.8. The lowest BCUT2D eigenvalue weighted by atomic mass is 9.77. The molecule has 0 saturated carbocycles. The summed E-state index contributed by atoms with van der Waals surface area (Å²) >= 11 is 0. The first kappa shape index (κ1) is 35.5. The molecule has 8 nitrogen and oxygen atoms in total. The minimum Gasteiger partial charge on any atom is -0.497 e. The van der Waals surface area contributed by atoms with Crippen LogP contribution in [0.2, 0.25) is 0 Å². The summed E-state index contributed by atoms with van der Waals surface area (Å²) in [5.41, 5.74) is 3.32. The van der Waals surface area contributed by atoms with E-state index in [1.165, 1.54) is 0 Å². The van der Waals surface area contributed by atoms with Gasteiger partial charge in [0.15, 0.2) is 23.0 Å². The van der Waals surface area contributed by atoms with E-state index in [0.717, 1.165) is 33.4 Å². The van der Waals surface area contributed by atoms with Crippen LogP contribution in [0.3, 0.4) is 0 Å². The predicted molar refractivity (Wildman–Crippen MR) is 214 cm³/mol. The highest BCUT2D eigenvalue weighted by Gasteiger charge is 2.54. The summed E-state index contributed by atoms with van der Waals surface area (Å²) in [5.74, 6) is 3.80. The van der Waals surface area contributed by atoms with E-state index < -0.39 is 23.3 Å². The SMILES string of the molecule is COc1cccc(C2(c3cccc(OC)c3)OC(CC3=N[C@H](c4ccccc4)C(c4cccc(OC)c4)(c4cccc(OC)c4)O3)=N[C@@H]2c2ccccc2)c1. The Morgan fingerprint density at radius 2 is 0.727 bits per heavy atom. The molecule has 0 aromatic heterocycles. The summed E-state index contributed by atoms with van der Waals surface area (Å²) in [6.45, 7) is 0. The molecule has 6 aromatic carbocycles. The average molecular weight is 731 g/mol. The molecule has 0 radical (unpaired) electrons. The minimum absolute atomic E-state index is 0.193. The van der Waals surface area contributed by atoms with Gasteiger partial charge in [-0.1, -0.05) is 109 Å². The number of hydrogen-bond donors (Lipinski definition) is 0. The van der Waals surface area contributed by atoms with E-state index in [9.17, 15) is 0 Å². The van der Waals surface area contributed by atoms with E-state index in [4.69, 9.17) is 38.4 Å². The largest absolute Gasteiger partial charge is 0.497 e. The molecule has 0 N–H and O–H groups in total. The number of nitrogens with zero attached hydrogens (tertiary/aromatic N) is 2. The molecular weight excluding hydrogens is 689 g/mol. The quantitative estimate of drug-likeness (QED) is 0.125. The molecule has 0 unspecified atom stereocenters. The fourth-order valence-electron chi connectivity index (χ4n) is 7.80. The van der Waals surface area contributed by atoms with E-state index in [1.54, 1.807) is 28.4 Å². The fraction of sp³-hybridized carbons (Fsp3) is 0.191. The third-order valence-corrected chi connectivity index (χ3v) is 10.4. The van der Waals surface area contributed by atoms with E-state index >= 15 is 0 Å².